The van der Waals surface area contributed by atoms with Gasteiger partial charge in [-0.15, -0.1) is 0 Å². The molecule has 1 saturated carbocycles. The number of aliphatic hydroxyl groups is 1. The van der Waals surface area contributed by atoms with Crippen LogP contribution in [0.4, 0.5) is 0 Å². The number of aliphatic hydroxyl groups excluding tert-OH is 1. The highest BCUT2D eigenvalue weighted by atomic mass is 35.5. The van der Waals surface area contributed by atoms with Crippen LogP contribution in [0.1, 0.15) is 38.2 Å². The monoisotopic (exact) mass is 298 g/mol. The highest BCUT2D eigenvalue weighted by Crippen LogP contribution is 2.38. The van der Waals surface area contributed by atoms with Crippen molar-refractivity contribution in [3.05, 3.63) is 28.8 Å². The van der Waals surface area contributed by atoms with E-state index in [0.717, 1.165) is 37.0 Å². The van der Waals surface area contributed by atoms with Gasteiger partial charge in [0.1, 0.15) is 5.75 Å². The van der Waals surface area contributed by atoms with E-state index in [0.29, 0.717) is 18.1 Å². The van der Waals surface area contributed by atoms with Crippen molar-refractivity contribution in [2.75, 3.05) is 13.7 Å². The van der Waals surface area contributed by atoms with Crippen LogP contribution in [0.5, 0.6) is 5.75 Å². The van der Waals surface area contributed by atoms with Crippen LogP contribution in [-0.2, 0) is 11.2 Å². The normalized spacial score (nSPS) is 19.0. The second-order valence-electron chi connectivity index (χ2n) is 5.38. The molecule has 1 aromatic rings. The van der Waals surface area contributed by atoms with Crippen molar-refractivity contribution in [3.63, 3.8) is 0 Å². The molecule has 112 valence electrons. The first-order valence-corrected chi connectivity index (χ1v) is 7.63. The van der Waals surface area contributed by atoms with Crippen molar-refractivity contribution in [1.82, 2.24) is 0 Å². The molecule has 3 nitrogen and oxygen atoms in total. The number of methoxy groups -OCH3 is 1. The molecule has 2 rings (SSSR count). The fraction of sp³-hybridized carbons (Fsp3) is 0.625. The summed E-state index contributed by atoms with van der Waals surface area (Å²) in [5.74, 6) is 0.762. The minimum absolute atomic E-state index is 0.401. The van der Waals surface area contributed by atoms with Gasteiger partial charge < -0.3 is 14.6 Å². The molecule has 1 aromatic carbocycles. The molecular formula is C16H23ClO3. The Balaban J connectivity index is 2.17. The molecule has 0 amide bonds. The summed E-state index contributed by atoms with van der Waals surface area (Å²) in [5, 5.41) is 11.3. The lowest BCUT2D eigenvalue weighted by Gasteiger charge is -2.34. The number of hydrogen-bond donors (Lipinski definition) is 1. The summed E-state index contributed by atoms with van der Waals surface area (Å²) in [6.45, 7) is 2.61. The molecule has 0 heterocycles. The average molecular weight is 299 g/mol. The van der Waals surface area contributed by atoms with Gasteiger partial charge in [0.25, 0.3) is 0 Å². The van der Waals surface area contributed by atoms with E-state index in [1.807, 2.05) is 19.1 Å². The lowest BCUT2D eigenvalue weighted by molar-refractivity contribution is -0.115. The van der Waals surface area contributed by atoms with E-state index in [9.17, 15) is 5.11 Å². The smallest absolute Gasteiger partial charge is 0.122 e. The number of rotatable bonds is 6. The van der Waals surface area contributed by atoms with Gasteiger partial charge in [-0.25, -0.2) is 0 Å². The number of halogens is 1. The van der Waals surface area contributed by atoms with Crippen molar-refractivity contribution in [2.45, 2.75) is 50.7 Å². The van der Waals surface area contributed by atoms with Crippen LogP contribution in [0.25, 0.3) is 0 Å². The predicted octanol–water partition coefficient (Wildman–Crippen LogP) is 3.60. The molecule has 1 atom stereocenters. The maximum absolute atomic E-state index is 10.7. The van der Waals surface area contributed by atoms with E-state index < -0.39 is 11.7 Å². The molecule has 0 saturated heterocycles. The van der Waals surface area contributed by atoms with Crippen molar-refractivity contribution in [2.24, 2.45) is 0 Å². The zero-order valence-electron chi connectivity index (χ0n) is 12.2. The van der Waals surface area contributed by atoms with Gasteiger partial charge in [0.2, 0.25) is 0 Å². The van der Waals surface area contributed by atoms with Gasteiger partial charge in [0, 0.05) is 18.1 Å². The first kappa shape index (κ1) is 15.6. The van der Waals surface area contributed by atoms with Crippen molar-refractivity contribution in [3.8, 4) is 5.75 Å². The molecule has 4 heteroatoms. The molecular weight excluding hydrogens is 276 g/mol. The van der Waals surface area contributed by atoms with Crippen LogP contribution in [0.2, 0.25) is 5.02 Å². The topological polar surface area (TPSA) is 38.7 Å². The lowest BCUT2D eigenvalue weighted by atomic mass is 9.89. The van der Waals surface area contributed by atoms with Crippen LogP contribution in [0.3, 0.4) is 0 Å². The summed E-state index contributed by atoms with van der Waals surface area (Å²) in [7, 11) is 1.63. The predicted molar refractivity (Wildman–Crippen MR) is 80.5 cm³/mol. The molecule has 1 N–H and O–H groups in total. The van der Waals surface area contributed by atoms with Crippen molar-refractivity contribution in [1.29, 1.82) is 0 Å². The highest BCUT2D eigenvalue weighted by molar-refractivity contribution is 6.30. The molecule has 20 heavy (non-hydrogen) atoms. The van der Waals surface area contributed by atoms with Crippen LogP contribution < -0.4 is 4.74 Å². The summed E-state index contributed by atoms with van der Waals surface area (Å²) in [6, 6.07) is 5.49. The highest BCUT2D eigenvalue weighted by Gasteiger charge is 2.41. The Hall–Kier alpha value is -0.770. The zero-order chi connectivity index (χ0) is 14.6. The van der Waals surface area contributed by atoms with Gasteiger partial charge in [-0.2, -0.15) is 0 Å². The third-order valence-corrected chi connectivity index (χ3v) is 4.38. The van der Waals surface area contributed by atoms with E-state index in [1.54, 1.807) is 13.2 Å². The van der Waals surface area contributed by atoms with Gasteiger partial charge >= 0.3 is 0 Å². The van der Waals surface area contributed by atoms with E-state index in [2.05, 4.69) is 0 Å². The fourth-order valence-corrected chi connectivity index (χ4v) is 3.33. The molecule has 1 aliphatic rings. The van der Waals surface area contributed by atoms with Crippen LogP contribution in [0.15, 0.2) is 18.2 Å². The first-order chi connectivity index (χ1) is 9.61. The van der Waals surface area contributed by atoms with Crippen LogP contribution in [0, 0.1) is 0 Å². The molecule has 0 bridgehead atoms. The number of hydrogen-bond acceptors (Lipinski definition) is 3. The van der Waals surface area contributed by atoms with E-state index >= 15 is 0 Å². The van der Waals surface area contributed by atoms with Gasteiger partial charge in [-0.3, -0.25) is 0 Å². The van der Waals surface area contributed by atoms with Gasteiger partial charge in [0.15, 0.2) is 0 Å². The van der Waals surface area contributed by atoms with Crippen LogP contribution >= 0.6 is 11.6 Å². The Labute approximate surface area is 125 Å². The summed E-state index contributed by atoms with van der Waals surface area (Å²) < 4.78 is 11.3. The summed E-state index contributed by atoms with van der Waals surface area (Å²) >= 11 is 6.04. The molecule has 0 aliphatic heterocycles. The average Bonchev–Trinajstić information content (AvgIpc) is 2.89. The Bertz CT molecular complexity index is 441. The third kappa shape index (κ3) is 3.27. The van der Waals surface area contributed by atoms with Crippen LogP contribution in [-0.4, -0.2) is 30.5 Å². The largest absolute Gasteiger partial charge is 0.496 e. The van der Waals surface area contributed by atoms with Gasteiger partial charge in [-0.05, 0) is 43.5 Å². The molecule has 1 fully saturated rings. The first-order valence-electron chi connectivity index (χ1n) is 7.26. The molecule has 0 aromatic heterocycles. The quantitative estimate of drug-likeness (QED) is 0.872. The molecule has 1 unspecified atom stereocenters. The summed E-state index contributed by atoms with van der Waals surface area (Å²) in [5.41, 5.74) is 0.528. The number of benzene rings is 1. The van der Waals surface area contributed by atoms with E-state index in [4.69, 9.17) is 21.1 Å². The second kappa shape index (κ2) is 6.79. The van der Waals surface area contributed by atoms with Crippen molar-refractivity contribution < 1.29 is 14.6 Å². The third-order valence-electron chi connectivity index (χ3n) is 4.14. The molecule has 0 spiro atoms. The molecule has 0 radical (unpaired) electrons. The maximum Gasteiger partial charge on any atom is 0.122 e. The summed E-state index contributed by atoms with van der Waals surface area (Å²) in [6.07, 6.45) is 4.05. The Kier molecular flexibility index (Phi) is 5.30. The van der Waals surface area contributed by atoms with Crippen molar-refractivity contribution >= 4 is 11.6 Å². The fourth-order valence-electron chi connectivity index (χ4n) is 3.14. The Morgan fingerprint density at radius 3 is 2.65 bits per heavy atom. The minimum atomic E-state index is -0.530. The maximum atomic E-state index is 10.7. The minimum Gasteiger partial charge on any atom is -0.496 e. The lowest BCUT2D eigenvalue weighted by Crippen LogP contribution is -2.43. The SMILES string of the molecule is CCOC1(C(O)Cc2cc(Cl)ccc2OC)CCCC1. The summed E-state index contributed by atoms with van der Waals surface area (Å²) in [4.78, 5) is 0. The standard InChI is InChI=1S/C16H23ClO3/c1-3-20-16(8-4-5-9-16)15(18)11-12-10-13(17)6-7-14(12)19-2/h6-7,10,15,18H,3-5,8-9,11H2,1-2H3. The zero-order valence-corrected chi connectivity index (χ0v) is 12.9. The van der Waals surface area contributed by atoms with E-state index in [1.165, 1.54) is 0 Å². The second-order valence-corrected chi connectivity index (χ2v) is 5.82. The Morgan fingerprint density at radius 1 is 1.35 bits per heavy atom. The molecule has 1 aliphatic carbocycles. The number of ether oxygens (including phenoxy) is 2. The van der Waals surface area contributed by atoms with Gasteiger partial charge in [-0.1, -0.05) is 24.4 Å². The Morgan fingerprint density at radius 2 is 2.05 bits per heavy atom. The van der Waals surface area contributed by atoms with Gasteiger partial charge in [0.05, 0.1) is 18.8 Å². The van der Waals surface area contributed by atoms with E-state index in [-0.39, 0.29) is 0 Å².